The van der Waals surface area contributed by atoms with Crippen molar-refractivity contribution in [1.29, 1.82) is 0 Å². The summed E-state index contributed by atoms with van der Waals surface area (Å²) >= 11 is 0. The summed E-state index contributed by atoms with van der Waals surface area (Å²) in [5, 5.41) is 0. The lowest BCUT2D eigenvalue weighted by atomic mass is 10.0. The number of rotatable bonds is 7. The van der Waals surface area contributed by atoms with Crippen LogP contribution in [0.2, 0.25) is 0 Å². The average molecular weight is 294 g/mol. The molecule has 1 nitrogen and oxygen atoms in total. The summed E-state index contributed by atoms with van der Waals surface area (Å²) in [6, 6.07) is 17.2. The largest absolute Gasteiger partial charge is 0.496 e. The van der Waals surface area contributed by atoms with Crippen LogP contribution in [0.3, 0.4) is 0 Å². The summed E-state index contributed by atoms with van der Waals surface area (Å²) in [6.07, 6.45) is 6.81. The van der Waals surface area contributed by atoms with Crippen molar-refractivity contribution in [2.45, 2.75) is 39.5 Å². The second-order valence-corrected chi connectivity index (χ2v) is 5.99. The smallest absolute Gasteiger partial charge is 0.122 e. The molecule has 0 fully saturated rings. The van der Waals surface area contributed by atoms with E-state index in [0.29, 0.717) is 0 Å². The van der Waals surface area contributed by atoms with Gasteiger partial charge in [-0.2, -0.15) is 0 Å². The van der Waals surface area contributed by atoms with Crippen LogP contribution in [-0.4, -0.2) is 7.11 Å². The van der Waals surface area contributed by atoms with Crippen LogP contribution in [0.25, 0.3) is 6.08 Å². The fourth-order valence-electron chi connectivity index (χ4n) is 2.68. The van der Waals surface area contributed by atoms with E-state index in [1.807, 2.05) is 0 Å². The Labute approximate surface area is 134 Å². The molecule has 0 heterocycles. The molecule has 0 spiro atoms. The summed E-state index contributed by atoms with van der Waals surface area (Å²) in [5.74, 6) is 1.01. The lowest BCUT2D eigenvalue weighted by molar-refractivity contribution is 0.409. The standard InChI is InChI=1S/C21H26O/c1-17(2)15-19-13-14-20(21(16-19)22-3)12-8-7-11-18-9-5-4-6-10-18/h4-6,9-10,13-16H,7-8,11-12H2,1-3H3. The molecule has 0 unspecified atom stereocenters. The number of hydrogen-bond donors (Lipinski definition) is 0. The second kappa shape index (κ2) is 8.43. The number of ether oxygens (including phenoxy) is 1. The van der Waals surface area contributed by atoms with Gasteiger partial charge >= 0.3 is 0 Å². The zero-order valence-corrected chi connectivity index (χ0v) is 13.9. The van der Waals surface area contributed by atoms with Gasteiger partial charge in [0.15, 0.2) is 0 Å². The zero-order valence-electron chi connectivity index (χ0n) is 13.9. The van der Waals surface area contributed by atoms with E-state index in [1.165, 1.54) is 35.1 Å². The minimum Gasteiger partial charge on any atom is -0.496 e. The molecule has 0 amide bonds. The lowest BCUT2D eigenvalue weighted by Crippen LogP contribution is -1.94. The SMILES string of the molecule is COc1cc(C=C(C)C)ccc1CCCCc1ccccc1. The molecule has 2 aromatic rings. The monoisotopic (exact) mass is 294 g/mol. The number of hydrogen-bond acceptors (Lipinski definition) is 1. The van der Waals surface area contributed by atoms with Crippen LogP contribution in [0, 0.1) is 0 Å². The molecule has 0 N–H and O–H groups in total. The summed E-state index contributed by atoms with van der Waals surface area (Å²) in [7, 11) is 1.76. The molecule has 2 rings (SSSR count). The fourth-order valence-corrected chi connectivity index (χ4v) is 2.68. The van der Waals surface area contributed by atoms with Gasteiger partial charge in [0.2, 0.25) is 0 Å². The van der Waals surface area contributed by atoms with Gasteiger partial charge in [-0.15, -0.1) is 0 Å². The highest BCUT2D eigenvalue weighted by Gasteiger charge is 2.04. The van der Waals surface area contributed by atoms with Crippen LogP contribution in [0.4, 0.5) is 0 Å². The van der Waals surface area contributed by atoms with Crippen molar-refractivity contribution in [2.75, 3.05) is 7.11 Å². The molecule has 22 heavy (non-hydrogen) atoms. The van der Waals surface area contributed by atoms with Gasteiger partial charge in [-0.05, 0) is 62.3 Å². The number of allylic oxidation sites excluding steroid dienone is 1. The lowest BCUT2D eigenvalue weighted by Gasteiger charge is -2.10. The van der Waals surface area contributed by atoms with E-state index in [0.717, 1.165) is 18.6 Å². The van der Waals surface area contributed by atoms with Crippen molar-refractivity contribution in [3.63, 3.8) is 0 Å². The van der Waals surface area contributed by atoms with Crippen molar-refractivity contribution >= 4 is 6.08 Å². The Morgan fingerprint density at radius 2 is 1.68 bits per heavy atom. The van der Waals surface area contributed by atoms with Crippen LogP contribution < -0.4 is 4.74 Å². The van der Waals surface area contributed by atoms with E-state index in [1.54, 1.807) is 7.11 Å². The number of unbranched alkanes of at least 4 members (excludes halogenated alkanes) is 1. The van der Waals surface area contributed by atoms with E-state index >= 15 is 0 Å². The Balaban J connectivity index is 1.91. The first kappa shape index (κ1) is 16.4. The number of methoxy groups -OCH3 is 1. The van der Waals surface area contributed by atoms with Crippen LogP contribution >= 0.6 is 0 Å². The third kappa shape index (κ3) is 5.07. The quantitative estimate of drug-likeness (QED) is 0.597. The first-order valence-corrected chi connectivity index (χ1v) is 8.05. The first-order valence-electron chi connectivity index (χ1n) is 8.05. The van der Waals surface area contributed by atoms with Crippen LogP contribution in [0.5, 0.6) is 5.75 Å². The summed E-state index contributed by atoms with van der Waals surface area (Å²) in [6.45, 7) is 4.23. The maximum Gasteiger partial charge on any atom is 0.122 e. The van der Waals surface area contributed by atoms with E-state index in [4.69, 9.17) is 4.74 Å². The maximum absolute atomic E-state index is 5.55. The molecular formula is C21H26O. The van der Waals surface area contributed by atoms with Crippen LogP contribution in [-0.2, 0) is 12.8 Å². The van der Waals surface area contributed by atoms with Crippen molar-refractivity contribution < 1.29 is 4.74 Å². The molecule has 0 bridgehead atoms. The van der Waals surface area contributed by atoms with Gasteiger partial charge < -0.3 is 4.74 Å². The third-order valence-electron chi connectivity index (χ3n) is 3.77. The van der Waals surface area contributed by atoms with Crippen LogP contribution in [0.15, 0.2) is 54.1 Å². The number of aryl methyl sites for hydroxylation is 2. The van der Waals surface area contributed by atoms with E-state index in [2.05, 4.69) is 68.5 Å². The van der Waals surface area contributed by atoms with Gasteiger partial charge in [0.1, 0.15) is 5.75 Å². The van der Waals surface area contributed by atoms with Gasteiger partial charge in [0, 0.05) is 0 Å². The fraction of sp³-hybridized carbons (Fsp3) is 0.333. The Morgan fingerprint density at radius 3 is 2.36 bits per heavy atom. The van der Waals surface area contributed by atoms with E-state index < -0.39 is 0 Å². The minimum absolute atomic E-state index is 1.01. The van der Waals surface area contributed by atoms with Crippen molar-refractivity contribution in [1.82, 2.24) is 0 Å². The molecule has 0 aliphatic heterocycles. The third-order valence-corrected chi connectivity index (χ3v) is 3.77. The zero-order chi connectivity index (χ0) is 15.8. The van der Waals surface area contributed by atoms with Crippen molar-refractivity contribution in [3.05, 3.63) is 70.8 Å². The summed E-state index contributed by atoms with van der Waals surface area (Å²) in [4.78, 5) is 0. The molecule has 0 saturated heterocycles. The number of benzene rings is 2. The summed E-state index contributed by atoms with van der Waals surface area (Å²) < 4.78 is 5.55. The molecule has 0 aliphatic rings. The second-order valence-electron chi connectivity index (χ2n) is 5.99. The Bertz CT molecular complexity index is 607. The molecular weight excluding hydrogens is 268 g/mol. The van der Waals surface area contributed by atoms with Crippen molar-refractivity contribution in [2.24, 2.45) is 0 Å². The molecule has 116 valence electrons. The summed E-state index contributed by atoms with van der Waals surface area (Å²) in [5.41, 5.74) is 5.25. The molecule has 0 saturated carbocycles. The molecule has 0 radical (unpaired) electrons. The van der Waals surface area contributed by atoms with Crippen LogP contribution in [0.1, 0.15) is 43.4 Å². The highest BCUT2D eigenvalue weighted by atomic mass is 16.5. The molecule has 0 atom stereocenters. The Kier molecular flexibility index (Phi) is 6.27. The highest BCUT2D eigenvalue weighted by Crippen LogP contribution is 2.23. The van der Waals surface area contributed by atoms with Gasteiger partial charge in [0.25, 0.3) is 0 Å². The Hall–Kier alpha value is -2.02. The average Bonchev–Trinajstić information content (AvgIpc) is 2.53. The predicted molar refractivity (Wildman–Crippen MR) is 95.4 cm³/mol. The normalized spacial score (nSPS) is 10.3. The van der Waals surface area contributed by atoms with Crippen molar-refractivity contribution in [3.8, 4) is 5.75 Å². The molecule has 0 aliphatic carbocycles. The topological polar surface area (TPSA) is 9.23 Å². The Morgan fingerprint density at radius 1 is 0.955 bits per heavy atom. The molecule has 2 aromatic carbocycles. The van der Waals surface area contributed by atoms with E-state index in [9.17, 15) is 0 Å². The first-order chi connectivity index (χ1) is 10.7. The van der Waals surface area contributed by atoms with Gasteiger partial charge in [-0.3, -0.25) is 0 Å². The predicted octanol–water partition coefficient (Wildman–Crippen LogP) is 5.68. The molecule has 0 aromatic heterocycles. The van der Waals surface area contributed by atoms with Gasteiger partial charge in [-0.25, -0.2) is 0 Å². The minimum atomic E-state index is 1.01. The van der Waals surface area contributed by atoms with E-state index in [-0.39, 0.29) is 0 Å². The van der Waals surface area contributed by atoms with Gasteiger partial charge in [0.05, 0.1) is 7.11 Å². The maximum atomic E-state index is 5.55. The van der Waals surface area contributed by atoms with Gasteiger partial charge in [-0.1, -0.05) is 54.1 Å². The molecule has 1 heteroatoms. The highest BCUT2D eigenvalue weighted by molar-refractivity contribution is 5.55.